The van der Waals surface area contributed by atoms with Gasteiger partial charge in [-0.3, -0.25) is 0 Å². The van der Waals surface area contributed by atoms with Crippen LogP contribution in [0.5, 0.6) is 5.75 Å². The van der Waals surface area contributed by atoms with Gasteiger partial charge in [0, 0.05) is 11.5 Å². The molecule has 0 aromatic heterocycles. The summed E-state index contributed by atoms with van der Waals surface area (Å²) in [4.78, 5) is 2.62. The molecule has 3 unspecified atom stereocenters. The standard InChI is InChI=1S/C20H27NO/c1-13-9-18-19-10-15-5-6-16(22-4)11-17(15)20(18,12-14(13)2)7-8-21(19)3/h5-6,11,18-19H,7-10,12H2,1-4H3. The monoisotopic (exact) mass is 297 g/mol. The molecule has 0 saturated carbocycles. The van der Waals surface area contributed by atoms with Gasteiger partial charge in [0.1, 0.15) is 5.75 Å². The molecule has 2 nitrogen and oxygen atoms in total. The molecule has 4 rings (SSSR count). The molecule has 0 radical (unpaired) electrons. The first-order chi connectivity index (χ1) is 10.5. The molecule has 1 fully saturated rings. The van der Waals surface area contributed by atoms with Gasteiger partial charge in [0.2, 0.25) is 0 Å². The number of likely N-dealkylation sites (tertiary alicyclic amines) is 1. The molecule has 3 aliphatic rings. The molecule has 22 heavy (non-hydrogen) atoms. The van der Waals surface area contributed by atoms with Gasteiger partial charge in [-0.2, -0.15) is 0 Å². The molecule has 118 valence electrons. The van der Waals surface area contributed by atoms with Crippen molar-refractivity contribution in [2.75, 3.05) is 20.7 Å². The third-order valence-corrected chi connectivity index (χ3v) is 6.77. The highest BCUT2D eigenvalue weighted by molar-refractivity contribution is 5.47. The van der Waals surface area contributed by atoms with Crippen LogP contribution in [0.25, 0.3) is 0 Å². The number of likely N-dealkylation sites (N-methyl/N-ethyl adjacent to an activating group) is 1. The van der Waals surface area contributed by atoms with Crippen molar-refractivity contribution in [3.05, 3.63) is 40.5 Å². The zero-order chi connectivity index (χ0) is 15.5. The van der Waals surface area contributed by atoms with Gasteiger partial charge in [0.15, 0.2) is 0 Å². The average Bonchev–Trinajstić information content (AvgIpc) is 2.52. The third-order valence-electron chi connectivity index (χ3n) is 6.77. The maximum atomic E-state index is 5.54. The van der Waals surface area contributed by atoms with Crippen molar-refractivity contribution in [1.82, 2.24) is 4.90 Å². The summed E-state index contributed by atoms with van der Waals surface area (Å²) in [6.07, 6.45) is 5.01. The third kappa shape index (κ3) is 1.83. The molecule has 0 amide bonds. The number of fused-ring (bicyclic) bond motifs is 1. The second-order valence-electron chi connectivity index (χ2n) is 7.73. The van der Waals surface area contributed by atoms with E-state index in [0.717, 1.165) is 11.7 Å². The molecule has 1 aromatic rings. The van der Waals surface area contributed by atoms with Gasteiger partial charge < -0.3 is 9.64 Å². The first kappa shape index (κ1) is 14.3. The van der Waals surface area contributed by atoms with E-state index in [-0.39, 0.29) is 0 Å². The smallest absolute Gasteiger partial charge is 0.119 e. The molecule has 1 aromatic carbocycles. The summed E-state index contributed by atoms with van der Waals surface area (Å²) in [5, 5.41) is 0. The lowest BCUT2D eigenvalue weighted by Crippen LogP contribution is -2.59. The lowest BCUT2D eigenvalue weighted by Gasteiger charge is -2.58. The number of methoxy groups -OCH3 is 1. The number of ether oxygens (including phenoxy) is 1. The van der Waals surface area contributed by atoms with Crippen LogP contribution in [-0.2, 0) is 11.8 Å². The van der Waals surface area contributed by atoms with Crippen LogP contribution in [0.4, 0.5) is 0 Å². The normalized spacial score (nSPS) is 34.2. The van der Waals surface area contributed by atoms with E-state index < -0.39 is 0 Å². The van der Waals surface area contributed by atoms with Gasteiger partial charge in [0.05, 0.1) is 7.11 Å². The summed E-state index contributed by atoms with van der Waals surface area (Å²) in [5.41, 5.74) is 6.75. The highest BCUT2D eigenvalue weighted by Crippen LogP contribution is 2.56. The maximum Gasteiger partial charge on any atom is 0.119 e. The summed E-state index contributed by atoms with van der Waals surface area (Å²) in [6, 6.07) is 7.51. The Bertz CT molecular complexity index is 647. The zero-order valence-corrected chi connectivity index (χ0v) is 14.3. The Kier molecular flexibility index (Phi) is 3.16. The molecule has 2 aliphatic carbocycles. The second kappa shape index (κ2) is 4.86. The van der Waals surface area contributed by atoms with Crippen molar-refractivity contribution in [1.29, 1.82) is 0 Å². The Morgan fingerprint density at radius 3 is 2.77 bits per heavy atom. The molecule has 3 atom stereocenters. The lowest BCUT2D eigenvalue weighted by molar-refractivity contribution is 0.0245. The minimum Gasteiger partial charge on any atom is -0.497 e. The minimum absolute atomic E-state index is 0.350. The van der Waals surface area contributed by atoms with E-state index in [1.165, 1.54) is 32.2 Å². The van der Waals surface area contributed by atoms with Crippen LogP contribution in [0.2, 0.25) is 0 Å². The van der Waals surface area contributed by atoms with Crippen LogP contribution >= 0.6 is 0 Å². The number of hydrogen-bond acceptors (Lipinski definition) is 2. The van der Waals surface area contributed by atoms with Crippen molar-refractivity contribution in [3.63, 3.8) is 0 Å². The number of nitrogens with zero attached hydrogens (tertiary/aromatic N) is 1. The Morgan fingerprint density at radius 1 is 1.18 bits per heavy atom. The quantitative estimate of drug-likeness (QED) is 0.728. The van der Waals surface area contributed by atoms with Gasteiger partial charge in [-0.15, -0.1) is 0 Å². The number of rotatable bonds is 1. The van der Waals surface area contributed by atoms with Crippen LogP contribution in [-0.4, -0.2) is 31.6 Å². The van der Waals surface area contributed by atoms with Crippen LogP contribution in [0, 0.1) is 5.92 Å². The fraction of sp³-hybridized carbons (Fsp3) is 0.600. The van der Waals surface area contributed by atoms with E-state index in [1.54, 1.807) is 29.4 Å². The van der Waals surface area contributed by atoms with Gasteiger partial charge in [-0.25, -0.2) is 0 Å². The number of allylic oxidation sites excluding steroid dienone is 2. The van der Waals surface area contributed by atoms with E-state index >= 15 is 0 Å². The van der Waals surface area contributed by atoms with E-state index in [4.69, 9.17) is 4.74 Å². The van der Waals surface area contributed by atoms with E-state index in [9.17, 15) is 0 Å². The zero-order valence-electron chi connectivity index (χ0n) is 14.3. The molecule has 0 N–H and O–H groups in total. The van der Waals surface area contributed by atoms with Gasteiger partial charge in [-0.1, -0.05) is 17.2 Å². The Labute approximate surface area is 134 Å². The van der Waals surface area contributed by atoms with Gasteiger partial charge >= 0.3 is 0 Å². The van der Waals surface area contributed by atoms with E-state index in [0.29, 0.717) is 11.5 Å². The summed E-state index contributed by atoms with van der Waals surface area (Å²) < 4.78 is 5.54. The Morgan fingerprint density at radius 2 is 2.00 bits per heavy atom. The van der Waals surface area contributed by atoms with Crippen molar-refractivity contribution in [2.24, 2.45) is 5.92 Å². The number of benzene rings is 1. The predicted octanol–water partition coefficient (Wildman–Crippen LogP) is 3.94. The first-order valence-corrected chi connectivity index (χ1v) is 8.58. The van der Waals surface area contributed by atoms with Crippen LogP contribution < -0.4 is 4.74 Å². The van der Waals surface area contributed by atoms with Crippen LogP contribution in [0.3, 0.4) is 0 Å². The van der Waals surface area contributed by atoms with Crippen molar-refractivity contribution in [2.45, 2.75) is 51.0 Å². The first-order valence-electron chi connectivity index (χ1n) is 8.58. The number of hydrogen-bond donors (Lipinski definition) is 0. The van der Waals surface area contributed by atoms with E-state index in [1.807, 2.05) is 0 Å². The van der Waals surface area contributed by atoms with Crippen molar-refractivity contribution < 1.29 is 4.74 Å². The molecule has 1 aliphatic heterocycles. The molecule has 1 heterocycles. The summed E-state index contributed by atoms with van der Waals surface area (Å²) in [6.45, 7) is 5.92. The summed E-state index contributed by atoms with van der Waals surface area (Å²) in [7, 11) is 4.11. The topological polar surface area (TPSA) is 12.5 Å². The molecule has 2 heteroatoms. The SMILES string of the molecule is COc1ccc2c(c1)C13CCN(C)C(C2)C1CC(C)=C(C)C3. The molecule has 1 saturated heterocycles. The molecular formula is C20H27NO. The fourth-order valence-electron chi connectivity index (χ4n) is 5.36. The fourth-order valence-corrected chi connectivity index (χ4v) is 5.36. The highest BCUT2D eigenvalue weighted by atomic mass is 16.5. The number of piperidine rings is 1. The molecule has 0 spiro atoms. The van der Waals surface area contributed by atoms with Gasteiger partial charge in [-0.05, 0) is 82.3 Å². The van der Waals surface area contributed by atoms with Crippen molar-refractivity contribution in [3.8, 4) is 5.75 Å². The molecular weight excluding hydrogens is 270 g/mol. The Hall–Kier alpha value is -1.28. The summed E-state index contributed by atoms with van der Waals surface area (Å²) in [5.74, 6) is 1.79. The average molecular weight is 297 g/mol. The second-order valence-corrected chi connectivity index (χ2v) is 7.73. The summed E-state index contributed by atoms with van der Waals surface area (Å²) >= 11 is 0. The lowest BCUT2D eigenvalue weighted by atomic mass is 9.52. The molecule has 2 bridgehead atoms. The Balaban J connectivity index is 1.91. The minimum atomic E-state index is 0.350. The highest BCUT2D eigenvalue weighted by Gasteiger charge is 2.53. The van der Waals surface area contributed by atoms with Crippen molar-refractivity contribution >= 4 is 0 Å². The van der Waals surface area contributed by atoms with Gasteiger partial charge in [0.25, 0.3) is 0 Å². The maximum absolute atomic E-state index is 5.54. The van der Waals surface area contributed by atoms with Crippen LogP contribution in [0.1, 0.15) is 44.2 Å². The van der Waals surface area contributed by atoms with Crippen LogP contribution in [0.15, 0.2) is 29.3 Å². The predicted molar refractivity (Wildman–Crippen MR) is 90.5 cm³/mol. The van der Waals surface area contributed by atoms with E-state index in [2.05, 4.69) is 44.0 Å². The largest absolute Gasteiger partial charge is 0.497 e.